The minimum atomic E-state index is 0.0916. The van der Waals surface area contributed by atoms with Gasteiger partial charge in [0.05, 0.1) is 0 Å². The Morgan fingerprint density at radius 3 is 2.38 bits per heavy atom. The van der Waals surface area contributed by atoms with E-state index in [1.165, 1.54) is 5.56 Å². The molecule has 0 saturated carbocycles. The number of anilines is 1. The monoisotopic (exact) mass is 411 g/mol. The summed E-state index contributed by atoms with van der Waals surface area (Å²) in [6.45, 7) is 0.723. The summed E-state index contributed by atoms with van der Waals surface area (Å²) in [7, 11) is 1.97. The van der Waals surface area contributed by atoms with Crippen molar-refractivity contribution in [3.05, 3.63) is 62.5 Å². The maximum atomic E-state index is 8.93. The van der Waals surface area contributed by atoms with Crippen molar-refractivity contribution in [1.82, 2.24) is 0 Å². The number of halogens is 2. The van der Waals surface area contributed by atoms with Crippen LogP contribution in [0.3, 0.4) is 0 Å². The van der Waals surface area contributed by atoms with Crippen LogP contribution in [0.15, 0.2) is 56.6 Å². The summed E-state index contributed by atoms with van der Waals surface area (Å²) in [4.78, 5) is 2.06. The predicted octanol–water partition coefficient (Wildman–Crippen LogP) is 3.94. The molecule has 6 heteroatoms. The molecular weight excluding hydrogens is 398 g/mol. The number of oxime groups is 1. The molecule has 0 bridgehead atoms. The third kappa shape index (κ3) is 3.98. The van der Waals surface area contributed by atoms with Gasteiger partial charge in [-0.2, -0.15) is 0 Å². The van der Waals surface area contributed by atoms with Crippen molar-refractivity contribution in [1.29, 1.82) is 0 Å². The van der Waals surface area contributed by atoms with Crippen LogP contribution in [0.2, 0.25) is 0 Å². The Bertz CT molecular complexity index is 656. The number of nitrogens with zero attached hydrogens (tertiary/aromatic N) is 2. The molecule has 0 fully saturated rings. The molecular formula is C15H15Br2N3O. The van der Waals surface area contributed by atoms with E-state index < -0.39 is 0 Å². The molecule has 21 heavy (non-hydrogen) atoms. The highest BCUT2D eigenvalue weighted by molar-refractivity contribution is 9.10. The van der Waals surface area contributed by atoms with E-state index in [0.717, 1.165) is 21.2 Å². The molecule has 0 spiro atoms. The van der Waals surface area contributed by atoms with Gasteiger partial charge in [0, 0.05) is 33.8 Å². The van der Waals surface area contributed by atoms with E-state index in [2.05, 4.69) is 54.0 Å². The first kappa shape index (κ1) is 15.9. The van der Waals surface area contributed by atoms with Crippen LogP contribution in [0.25, 0.3) is 0 Å². The predicted molar refractivity (Wildman–Crippen MR) is 92.9 cm³/mol. The Morgan fingerprint density at radius 2 is 1.76 bits per heavy atom. The first-order valence-corrected chi connectivity index (χ1v) is 7.83. The van der Waals surface area contributed by atoms with Crippen LogP contribution in [-0.2, 0) is 6.54 Å². The Hall–Kier alpha value is -1.53. The molecule has 0 aliphatic carbocycles. The first-order valence-electron chi connectivity index (χ1n) is 6.24. The zero-order chi connectivity index (χ0) is 15.4. The van der Waals surface area contributed by atoms with Gasteiger partial charge in [0.2, 0.25) is 0 Å². The molecule has 2 aromatic carbocycles. The highest BCUT2D eigenvalue weighted by atomic mass is 79.9. The molecule has 110 valence electrons. The Kier molecular flexibility index (Phi) is 5.25. The van der Waals surface area contributed by atoms with Crippen molar-refractivity contribution in [3.8, 4) is 0 Å². The average molecular weight is 413 g/mol. The number of amidine groups is 1. The molecule has 0 saturated heterocycles. The number of rotatable bonds is 4. The third-order valence-corrected chi connectivity index (χ3v) is 4.11. The van der Waals surface area contributed by atoms with E-state index in [4.69, 9.17) is 10.9 Å². The van der Waals surface area contributed by atoms with Crippen LogP contribution in [0.5, 0.6) is 0 Å². The molecule has 2 rings (SSSR count). The van der Waals surface area contributed by atoms with E-state index >= 15 is 0 Å². The quantitative estimate of drug-likeness (QED) is 0.346. The first-order chi connectivity index (χ1) is 10.0. The van der Waals surface area contributed by atoms with Crippen LogP contribution in [0.4, 0.5) is 5.69 Å². The molecule has 0 atom stereocenters. The molecule has 0 amide bonds. The van der Waals surface area contributed by atoms with E-state index in [9.17, 15) is 0 Å². The maximum absolute atomic E-state index is 8.93. The van der Waals surface area contributed by atoms with Gasteiger partial charge < -0.3 is 15.8 Å². The number of hydrogen-bond donors (Lipinski definition) is 2. The van der Waals surface area contributed by atoms with Gasteiger partial charge in [-0.05, 0) is 35.9 Å². The molecule has 0 aliphatic heterocycles. The Balaban J connectivity index is 2.30. The molecule has 0 aliphatic rings. The van der Waals surface area contributed by atoms with Gasteiger partial charge in [-0.3, -0.25) is 0 Å². The molecule has 0 aromatic heterocycles. The van der Waals surface area contributed by atoms with Crippen LogP contribution in [-0.4, -0.2) is 18.1 Å². The van der Waals surface area contributed by atoms with Gasteiger partial charge in [0.1, 0.15) is 0 Å². The molecule has 0 unspecified atom stereocenters. The fourth-order valence-electron chi connectivity index (χ4n) is 2.05. The summed E-state index contributed by atoms with van der Waals surface area (Å²) in [5, 5.41) is 12.0. The van der Waals surface area contributed by atoms with E-state index in [1.54, 1.807) is 0 Å². The summed E-state index contributed by atoms with van der Waals surface area (Å²) in [5.74, 6) is 0.0916. The summed E-state index contributed by atoms with van der Waals surface area (Å²) in [6, 6.07) is 13.8. The standard InChI is InChI=1S/C15H15Br2N3O/c1-20(9-10-2-4-11(16)5-3-10)14-7-6-12(17)8-13(14)15(18)19-21/h2-8,21H,9H2,1H3,(H2,18,19). The molecule has 2 aromatic rings. The molecule has 0 heterocycles. The second-order valence-electron chi connectivity index (χ2n) is 4.63. The lowest BCUT2D eigenvalue weighted by atomic mass is 10.1. The van der Waals surface area contributed by atoms with Crippen molar-refractivity contribution in [2.45, 2.75) is 6.54 Å². The zero-order valence-corrected chi connectivity index (χ0v) is 14.6. The summed E-state index contributed by atoms with van der Waals surface area (Å²) in [6.07, 6.45) is 0. The van der Waals surface area contributed by atoms with E-state index in [1.807, 2.05) is 37.4 Å². The lowest BCUT2D eigenvalue weighted by Gasteiger charge is -2.22. The normalized spacial score (nSPS) is 11.5. The van der Waals surface area contributed by atoms with Gasteiger partial charge in [-0.15, -0.1) is 0 Å². The average Bonchev–Trinajstić information content (AvgIpc) is 2.48. The van der Waals surface area contributed by atoms with Gasteiger partial charge in [0.15, 0.2) is 5.84 Å². The van der Waals surface area contributed by atoms with Crippen LogP contribution in [0, 0.1) is 0 Å². The largest absolute Gasteiger partial charge is 0.409 e. The highest BCUT2D eigenvalue weighted by Gasteiger charge is 2.12. The van der Waals surface area contributed by atoms with Crippen LogP contribution in [0.1, 0.15) is 11.1 Å². The lowest BCUT2D eigenvalue weighted by molar-refractivity contribution is 0.318. The molecule has 3 N–H and O–H groups in total. The van der Waals surface area contributed by atoms with E-state index in [-0.39, 0.29) is 5.84 Å². The lowest BCUT2D eigenvalue weighted by Crippen LogP contribution is -2.22. The fourth-order valence-corrected chi connectivity index (χ4v) is 2.67. The van der Waals surface area contributed by atoms with Gasteiger partial charge in [-0.1, -0.05) is 49.1 Å². The van der Waals surface area contributed by atoms with Crippen molar-refractivity contribution >= 4 is 43.4 Å². The second-order valence-corrected chi connectivity index (χ2v) is 6.46. The van der Waals surface area contributed by atoms with Gasteiger partial charge >= 0.3 is 0 Å². The van der Waals surface area contributed by atoms with Gasteiger partial charge in [-0.25, -0.2) is 0 Å². The number of benzene rings is 2. The second kappa shape index (κ2) is 6.95. The van der Waals surface area contributed by atoms with Crippen molar-refractivity contribution in [2.24, 2.45) is 10.9 Å². The number of hydrogen-bond acceptors (Lipinski definition) is 3. The maximum Gasteiger partial charge on any atom is 0.172 e. The van der Waals surface area contributed by atoms with Crippen LogP contribution >= 0.6 is 31.9 Å². The van der Waals surface area contributed by atoms with Crippen molar-refractivity contribution in [3.63, 3.8) is 0 Å². The smallest absolute Gasteiger partial charge is 0.172 e. The summed E-state index contributed by atoms with van der Waals surface area (Å²) >= 11 is 6.83. The van der Waals surface area contributed by atoms with Crippen molar-refractivity contribution in [2.75, 3.05) is 11.9 Å². The zero-order valence-electron chi connectivity index (χ0n) is 11.4. The molecule has 0 radical (unpaired) electrons. The SMILES string of the molecule is CN(Cc1ccc(Br)cc1)c1ccc(Br)cc1/C(N)=N/O. The summed E-state index contributed by atoms with van der Waals surface area (Å²) in [5.41, 5.74) is 8.52. The highest BCUT2D eigenvalue weighted by Crippen LogP contribution is 2.25. The summed E-state index contributed by atoms with van der Waals surface area (Å²) < 4.78 is 1.93. The Labute approximate surface area is 140 Å². The van der Waals surface area contributed by atoms with Crippen LogP contribution < -0.4 is 10.6 Å². The van der Waals surface area contributed by atoms with Gasteiger partial charge in [0.25, 0.3) is 0 Å². The number of nitrogens with two attached hydrogens (primary N) is 1. The minimum absolute atomic E-state index is 0.0916. The third-order valence-electron chi connectivity index (χ3n) is 3.09. The topological polar surface area (TPSA) is 61.8 Å². The minimum Gasteiger partial charge on any atom is -0.409 e. The molecule has 4 nitrogen and oxygen atoms in total. The fraction of sp³-hybridized carbons (Fsp3) is 0.133. The Morgan fingerprint density at radius 1 is 1.14 bits per heavy atom. The van der Waals surface area contributed by atoms with E-state index in [0.29, 0.717) is 5.56 Å². The van der Waals surface area contributed by atoms with Crippen molar-refractivity contribution < 1.29 is 5.21 Å².